The van der Waals surface area contributed by atoms with Crippen molar-refractivity contribution in [1.82, 2.24) is 0 Å². The number of carbonyl (C=O) groups excluding carboxylic acids is 1. The van der Waals surface area contributed by atoms with Crippen LogP contribution in [0.2, 0.25) is 5.02 Å². The minimum Gasteiger partial charge on any atom is -0.362 e. The molecular formula is C17H16ClNO. The van der Waals surface area contributed by atoms with E-state index >= 15 is 0 Å². The molecule has 0 aliphatic carbocycles. The molecular weight excluding hydrogens is 270 g/mol. The fraction of sp³-hybridized carbons (Fsp3) is 0.118. The highest BCUT2D eigenvalue weighted by Crippen LogP contribution is 2.19. The van der Waals surface area contributed by atoms with E-state index < -0.39 is 0 Å². The lowest BCUT2D eigenvalue weighted by molar-refractivity contribution is 0.104. The molecule has 2 rings (SSSR count). The zero-order chi connectivity index (χ0) is 14.5. The molecule has 1 N–H and O–H groups in total. The van der Waals surface area contributed by atoms with Gasteiger partial charge in [-0.2, -0.15) is 0 Å². The molecule has 0 bridgehead atoms. The van der Waals surface area contributed by atoms with E-state index in [0.29, 0.717) is 10.6 Å². The van der Waals surface area contributed by atoms with Crippen molar-refractivity contribution in [1.29, 1.82) is 0 Å². The normalized spacial score (nSPS) is 10.8. The molecule has 20 heavy (non-hydrogen) atoms. The molecule has 0 radical (unpaired) electrons. The largest absolute Gasteiger partial charge is 0.362 e. The average Bonchev–Trinajstić information content (AvgIpc) is 2.42. The maximum Gasteiger partial charge on any atom is 0.187 e. The molecule has 2 aromatic rings. The zero-order valence-corrected chi connectivity index (χ0v) is 12.2. The Morgan fingerprint density at radius 1 is 1.15 bits per heavy atom. The monoisotopic (exact) mass is 285 g/mol. The summed E-state index contributed by atoms with van der Waals surface area (Å²) in [6.07, 6.45) is 3.15. The summed E-state index contributed by atoms with van der Waals surface area (Å²) in [5.74, 6) is -0.0283. The highest BCUT2D eigenvalue weighted by atomic mass is 35.5. The van der Waals surface area contributed by atoms with Gasteiger partial charge in [0.15, 0.2) is 5.78 Å². The molecule has 0 fully saturated rings. The Morgan fingerprint density at radius 2 is 1.95 bits per heavy atom. The molecule has 0 amide bonds. The van der Waals surface area contributed by atoms with Crippen molar-refractivity contribution in [2.75, 3.05) is 5.32 Å². The molecule has 0 unspecified atom stereocenters. The number of hydrogen-bond acceptors (Lipinski definition) is 2. The van der Waals surface area contributed by atoms with Gasteiger partial charge in [0.1, 0.15) is 0 Å². The van der Waals surface area contributed by atoms with Crippen LogP contribution in [0.4, 0.5) is 5.69 Å². The number of rotatable bonds is 4. The van der Waals surface area contributed by atoms with Gasteiger partial charge in [0.2, 0.25) is 0 Å². The van der Waals surface area contributed by atoms with E-state index in [1.54, 1.807) is 6.20 Å². The van der Waals surface area contributed by atoms with Crippen molar-refractivity contribution in [3.05, 3.63) is 76.5 Å². The predicted molar refractivity (Wildman–Crippen MR) is 84.5 cm³/mol. The smallest absolute Gasteiger partial charge is 0.187 e. The Kier molecular flexibility index (Phi) is 4.59. The number of nitrogens with one attached hydrogen (secondary N) is 1. The van der Waals surface area contributed by atoms with E-state index in [1.807, 2.05) is 56.3 Å². The van der Waals surface area contributed by atoms with Crippen LogP contribution in [-0.4, -0.2) is 5.78 Å². The highest BCUT2D eigenvalue weighted by molar-refractivity contribution is 6.31. The van der Waals surface area contributed by atoms with Gasteiger partial charge in [0, 0.05) is 28.5 Å². The van der Waals surface area contributed by atoms with Gasteiger partial charge in [0.05, 0.1) is 0 Å². The molecule has 0 heterocycles. The van der Waals surface area contributed by atoms with Crippen LogP contribution < -0.4 is 5.32 Å². The van der Waals surface area contributed by atoms with Crippen LogP contribution in [0, 0.1) is 13.8 Å². The van der Waals surface area contributed by atoms with Crippen LogP contribution in [0.3, 0.4) is 0 Å². The van der Waals surface area contributed by atoms with Crippen LogP contribution in [0.5, 0.6) is 0 Å². The van der Waals surface area contributed by atoms with Gasteiger partial charge in [-0.05, 0) is 37.6 Å². The van der Waals surface area contributed by atoms with Gasteiger partial charge in [0.25, 0.3) is 0 Å². The molecule has 0 spiro atoms. The third-order valence-corrected chi connectivity index (χ3v) is 3.37. The number of anilines is 1. The summed E-state index contributed by atoms with van der Waals surface area (Å²) in [6, 6.07) is 13.2. The maximum atomic E-state index is 12.0. The lowest BCUT2D eigenvalue weighted by atomic mass is 10.1. The number of carbonyl (C=O) groups is 1. The summed E-state index contributed by atoms with van der Waals surface area (Å²) in [6.45, 7) is 3.91. The maximum absolute atomic E-state index is 12.0. The van der Waals surface area contributed by atoms with Crippen LogP contribution in [0.25, 0.3) is 0 Å². The number of allylic oxidation sites excluding steroid dienone is 1. The first-order valence-corrected chi connectivity index (χ1v) is 6.74. The second-order valence-corrected chi connectivity index (χ2v) is 5.08. The van der Waals surface area contributed by atoms with Crippen LogP contribution in [0.15, 0.2) is 54.7 Å². The Morgan fingerprint density at radius 3 is 2.65 bits per heavy atom. The highest BCUT2D eigenvalue weighted by Gasteiger charge is 2.01. The number of halogens is 1. The molecule has 0 saturated heterocycles. The van der Waals surface area contributed by atoms with Gasteiger partial charge in [-0.1, -0.05) is 41.4 Å². The van der Waals surface area contributed by atoms with Crippen molar-refractivity contribution in [3.63, 3.8) is 0 Å². The van der Waals surface area contributed by atoms with Crippen LogP contribution >= 0.6 is 11.6 Å². The molecule has 0 aromatic heterocycles. The standard InChI is InChI=1S/C17H16ClNO/c1-12-4-3-5-14(10-12)17(20)8-9-19-15-7-6-13(2)16(18)11-15/h3-11,19H,1-2H3. The first kappa shape index (κ1) is 14.4. The van der Waals surface area contributed by atoms with E-state index in [0.717, 1.165) is 16.8 Å². The molecule has 102 valence electrons. The minimum absolute atomic E-state index is 0.0283. The quantitative estimate of drug-likeness (QED) is 0.648. The van der Waals surface area contributed by atoms with Gasteiger partial charge in [-0.3, -0.25) is 4.79 Å². The Hall–Kier alpha value is -2.06. The molecule has 2 nitrogen and oxygen atoms in total. The lowest BCUT2D eigenvalue weighted by Crippen LogP contribution is -1.96. The summed E-state index contributed by atoms with van der Waals surface area (Å²) in [5, 5.41) is 3.74. The number of ketones is 1. The molecule has 0 aliphatic rings. The van der Waals surface area contributed by atoms with E-state index in [2.05, 4.69) is 5.32 Å². The van der Waals surface area contributed by atoms with Crippen molar-refractivity contribution < 1.29 is 4.79 Å². The van der Waals surface area contributed by atoms with E-state index in [1.165, 1.54) is 6.08 Å². The van der Waals surface area contributed by atoms with Crippen LogP contribution in [0.1, 0.15) is 21.5 Å². The van der Waals surface area contributed by atoms with E-state index in [-0.39, 0.29) is 5.78 Å². The summed E-state index contributed by atoms with van der Waals surface area (Å²) >= 11 is 6.04. The van der Waals surface area contributed by atoms with Gasteiger partial charge in [-0.25, -0.2) is 0 Å². The molecule has 0 aliphatic heterocycles. The Bertz CT molecular complexity index is 662. The van der Waals surface area contributed by atoms with Gasteiger partial charge >= 0.3 is 0 Å². The summed E-state index contributed by atoms with van der Waals surface area (Å²) in [5.41, 5.74) is 3.64. The van der Waals surface area contributed by atoms with Crippen molar-refractivity contribution in [2.24, 2.45) is 0 Å². The van der Waals surface area contributed by atoms with Crippen molar-refractivity contribution >= 4 is 23.1 Å². The second kappa shape index (κ2) is 6.40. The zero-order valence-electron chi connectivity index (χ0n) is 11.5. The molecule has 0 saturated carbocycles. The lowest BCUT2D eigenvalue weighted by Gasteiger charge is -2.03. The summed E-state index contributed by atoms with van der Waals surface area (Å²) < 4.78 is 0. The predicted octanol–water partition coefficient (Wildman–Crippen LogP) is 4.77. The number of aryl methyl sites for hydroxylation is 2. The molecule has 0 atom stereocenters. The van der Waals surface area contributed by atoms with Gasteiger partial charge in [-0.15, -0.1) is 0 Å². The topological polar surface area (TPSA) is 29.1 Å². The first-order valence-electron chi connectivity index (χ1n) is 6.36. The molecule has 3 heteroatoms. The first-order chi connectivity index (χ1) is 9.56. The third kappa shape index (κ3) is 3.72. The van der Waals surface area contributed by atoms with E-state index in [9.17, 15) is 4.79 Å². The fourth-order valence-electron chi connectivity index (χ4n) is 1.79. The third-order valence-electron chi connectivity index (χ3n) is 2.96. The summed E-state index contributed by atoms with van der Waals surface area (Å²) in [4.78, 5) is 12.0. The summed E-state index contributed by atoms with van der Waals surface area (Å²) in [7, 11) is 0. The number of benzene rings is 2. The van der Waals surface area contributed by atoms with Gasteiger partial charge < -0.3 is 5.32 Å². The van der Waals surface area contributed by atoms with Crippen molar-refractivity contribution in [2.45, 2.75) is 13.8 Å². The Balaban J connectivity index is 2.02. The SMILES string of the molecule is Cc1cccc(C(=O)C=CNc2ccc(C)c(Cl)c2)c1. The number of hydrogen-bond donors (Lipinski definition) is 1. The van der Waals surface area contributed by atoms with Crippen molar-refractivity contribution in [3.8, 4) is 0 Å². The minimum atomic E-state index is -0.0283. The average molecular weight is 286 g/mol. The second-order valence-electron chi connectivity index (χ2n) is 4.68. The van der Waals surface area contributed by atoms with E-state index in [4.69, 9.17) is 11.6 Å². The Labute approximate surface area is 124 Å². The fourth-order valence-corrected chi connectivity index (χ4v) is 1.97. The molecule has 2 aromatic carbocycles. The van der Waals surface area contributed by atoms with Crippen LogP contribution in [-0.2, 0) is 0 Å².